The Hall–Kier alpha value is -1.16. The fourth-order valence-corrected chi connectivity index (χ4v) is 6.80. The fourth-order valence-electron chi connectivity index (χ4n) is 6.80. The molecule has 0 aromatic heterocycles. The van der Waals surface area contributed by atoms with Crippen LogP contribution in [0.3, 0.4) is 0 Å². The van der Waals surface area contributed by atoms with Gasteiger partial charge >= 0.3 is 0 Å². The predicted octanol–water partition coefficient (Wildman–Crippen LogP) is 6.65. The summed E-state index contributed by atoms with van der Waals surface area (Å²) in [7, 11) is 3.54. The van der Waals surface area contributed by atoms with Gasteiger partial charge in [0.1, 0.15) is 0 Å². The molecule has 0 radical (unpaired) electrons. The average molecular weight is 443 g/mol. The summed E-state index contributed by atoms with van der Waals surface area (Å²) >= 11 is 0. The summed E-state index contributed by atoms with van der Waals surface area (Å²) < 4.78 is 11.0. The molecule has 0 aromatic carbocycles. The standard InChI is InChI=1S/C29H46O3/c1-20(9-7-10-21(2)31-5)26-14-15-27-24(11-8-16-29(26,27)4)13-12-23-17-25(19-30)22(3)28(18-23)32-6/h7,9,12-13,20-21,25-28,30H,3,8,10-11,14-19H2,1-2,4-6H3/b9-7+,23-12-,24-13+/t20-,21-,25-,26+,27-,28+,29+/m0/s1. The molecule has 0 unspecified atom stereocenters. The summed E-state index contributed by atoms with van der Waals surface area (Å²) in [6.45, 7) is 11.4. The maximum Gasteiger partial charge on any atom is 0.0819 e. The van der Waals surface area contributed by atoms with Crippen molar-refractivity contribution in [1.29, 1.82) is 0 Å². The summed E-state index contributed by atoms with van der Waals surface area (Å²) in [6.07, 6.45) is 19.2. The highest BCUT2D eigenvalue weighted by atomic mass is 16.5. The lowest BCUT2D eigenvalue weighted by Crippen LogP contribution is -2.35. The van der Waals surface area contributed by atoms with Gasteiger partial charge in [0.05, 0.1) is 12.2 Å². The van der Waals surface area contributed by atoms with E-state index in [-0.39, 0.29) is 18.6 Å². The lowest BCUT2D eigenvalue weighted by Gasteiger charge is -2.44. The lowest BCUT2D eigenvalue weighted by molar-refractivity contribution is 0.101. The minimum absolute atomic E-state index is 0.0338. The van der Waals surface area contributed by atoms with E-state index >= 15 is 0 Å². The molecule has 0 aliphatic heterocycles. The van der Waals surface area contributed by atoms with Crippen LogP contribution in [-0.2, 0) is 9.47 Å². The highest BCUT2D eigenvalue weighted by Crippen LogP contribution is 2.59. The van der Waals surface area contributed by atoms with E-state index in [1.807, 2.05) is 0 Å². The average Bonchev–Trinajstić information content (AvgIpc) is 3.15. The largest absolute Gasteiger partial charge is 0.396 e. The number of aliphatic hydroxyl groups is 1. The first-order valence-corrected chi connectivity index (χ1v) is 12.7. The molecule has 3 nitrogen and oxygen atoms in total. The van der Waals surface area contributed by atoms with E-state index in [4.69, 9.17) is 9.47 Å². The van der Waals surface area contributed by atoms with Crippen LogP contribution in [0.5, 0.6) is 0 Å². The highest BCUT2D eigenvalue weighted by molar-refractivity contribution is 5.29. The first kappa shape index (κ1) is 25.5. The molecule has 0 spiro atoms. The highest BCUT2D eigenvalue weighted by Gasteiger charge is 2.50. The molecule has 3 fully saturated rings. The van der Waals surface area contributed by atoms with Gasteiger partial charge in [-0.3, -0.25) is 0 Å². The molecule has 3 aliphatic rings. The van der Waals surface area contributed by atoms with Crippen LogP contribution in [0, 0.1) is 29.1 Å². The Balaban J connectivity index is 1.72. The summed E-state index contributed by atoms with van der Waals surface area (Å²) in [5, 5.41) is 9.78. The minimum Gasteiger partial charge on any atom is -0.396 e. The third-order valence-electron chi connectivity index (χ3n) is 8.91. The van der Waals surface area contributed by atoms with Gasteiger partial charge in [0.25, 0.3) is 0 Å². The Bertz CT molecular complexity index is 715. The van der Waals surface area contributed by atoms with Crippen LogP contribution in [0.2, 0.25) is 0 Å². The molecule has 3 heteroatoms. The first-order valence-electron chi connectivity index (χ1n) is 12.7. The number of allylic oxidation sites excluding steroid dienone is 4. The molecule has 1 N–H and O–H groups in total. The predicted molar refractivity (Wildman–Crippen MR) is 133 cm³/mol. The molecular formula is C29H46O3. The second-order valence-electron chi connectivity index (χ2n) is 10.8. The topological polar surface area (TPSA) is 38.7 Å². The second kappa shape index (κ2) is 11.3. The van der Waals surface area contributed by atoms with Gasteiger partial charge in [-0.25, -0.2) is 0 Å². The van der Waals surface area contributed by atoms with Crippen molar-refractivity contribution in [2.75, 3.05) is 20.8 Å². The Morgan fingerprint density at radius 3 is 2.66 bits per heavy atom. The molecule has 0 saturated heterocycles. The third-order valence-corrected chi connectivity index (χ3v) is 8.91. The van der Waals surface area contributed by atoms with Gasteiger partial charge in [0.15, 0.2) is 0 Å². The molecule has 32 heavy (non-hydrogen) atoms. The number of methoxy groups -OCH3 is 2. The van der Waals surface area contributed by atoms with Crippen LogP contribution in [0.4, 0.5) is 0 Å². The normalized spacial score (nSPS) is 37.9. The van der Waals surface area contributed by atoms with Gasteiger partial charge in [-0.15, -0.1) is 0 Å². The summed E-state index contributed by atoms with van der Waals surface area (Å²) in [6, 6.07) is 0. The minimum atomic E-state index is 0.0338. The van der Waals surface area contributed by atoms with Crippen molar-refractivity contribution in [2.45, 2.75) is 84.3 Å². The van der Waals surface area contributed by atoms with E-state index in [2.05, 4.69) is 51.7 Å². The molecule has 3 rings (SSSR count). The first-order chi connectivity index (χ1) is 15.3. The zero-order valence-corrected chi connectivity index (χ0v) is 21.1. The Morgan fingerprint density at radius 1 is 1.19 bits per heavy atom. The summed E-state index contributed by atoms with van der Waals surface area (Å²) in [5.74, 6) is 2.20. The number of aliphatic hydroxyl groups excluding tert-OH is 1. The zero-order chi connectivity index (χ0) is 23.3. The molecule has 180 valence electrons. The summed E-state index contributed by atoms with van der Waals surface area (Å²) in [5.41, 5.74) is 4.49. The monoisotopic (exact) mass is 442 g/mol. The van der Waals surface area contributed by atoms with Gasteiger partial charge in [0, 0.05) is 26.7 Å². The number of ether oxygens (including phenoxy) is 2. The second-order valence-corrected chi connectivity index (χ2v) is 10.8. The van der Waals surface area contributed by atoms with E-state index in [0.717, 1.165) is 30.8 Å². The van der Waals surface area contributed by atoms with Gasteiger partial charge in [-0.1, -0.05) is 55.9 Å². The van der Waals surface area contributed by atoms with Crippen LogP contribution < -0.4 is 0 Å². The van der Waals surface area contributed by atoms with E-state index in [1.54, 1.807) is 19.8 Å². The van der Waals surface area contributed by atoms with Gasteiger partial charge in [0.2, 0.25) is 0 Å². The third kappa shape index (κ3) is 5.48. The number of hydrogen-bond acceptors (Lipinski definition) is 3. The van der Waals surface area contributed by atoms with Crippen molar-refractivity contribution in [2.24, 2.45) is 29.1 Å². The van der Waals surface area contributed by atoms with E-state index < -0.39 is 0 Å². The van der Waals surface area contributed by atoms with Crippen molar-refractivity contribution in [1.82, 2.24) is 0 Å². The van der Waals surface area contributed by atoms with E-state index in [9.17, 15) is 5.11 Å². The molecule has 3 aliphatic carbocycles. The Morgan fingerprint density at radius 2 is 1.97 bits per heavy atom. The van der Waals surface area contributed by atoms with Gasteiger partial charge in [-0.2, -0.15) is 0 Å². The quantitative estimate of drug-likeness (QED) is 0.428. The van der Waals surface area contributed by atoms with E-state index in [1.165, 1.54) is 37.7 Å². The van der Waals surface area contributed by atoms with Gasteiger partial charge < -0.3 is 14.6 Å². The fraction of sp³-hybridized carbons (Fsp3) is 0.724. The van der Waals surface area contributed by atoms with Crippen LogP contribution in [0.15, 0.2) is 47.6 Å². The van der Waals surface area contributed by atoms with Crippen molar-refractivity contribution in [3.05, 3.63) is 47.6 Å². The molecule has 0 amide bonds. The number of rotatable bonds is 8. The Labute approximate surface area is 196 Å². The molecular weight excluding hydrogens is 396 g/mol. The van der Waals surface area contributed by atoms with Crippen molar-refractivity contribution >= 4 is 0 Å². The van der Waals surface area contributed by atoms with Crippen LogP contribution >= 0.6 is 0 Å². The Kier molecular flexibility index (Phi) is 9.00. The number of fused-ring (bicyclic) bond motifs is 1. The van der Waals surface area contributed by atoms with Crippen molar-refractivity contribution in [3.63, 3.8) is 0 Å². The molecule has 0 aromatic rings. The van der Waals surface area contributed by atoms with E-state index in [0.29, 0.717) is 23.4 Å². The number of hydrogen-bond donors (Lipinski definition) is 1. The molecule has 0 bridgehead atoms. The zero-order valence-electron chi connectivity index (χ0n) is 21.1. The maximum atomic E-state index is 9.78. The van der Waals surface area contributed by atoms with Gasteiger partial charge in [-0.05, 0) is 87.0 Å². The summed E-state index contributed by atoms with van der Waals surface area (Å²) in [4.78, 5) is 0. The van der Waals surface area contributed by atoms with Crippen LogP contribution in [0.1, 0.15) is 72.1 Å². The van der Waals surface area contributed by atoms with Crippen molar-refractivity contribution in [3.8, 4) is 0 Å². The van der Waals surface area contributed by atoms with Crippen molar-refractivity contribution < 1.29 is 14.6 Å². The van der Waals surface area contributed by atoms with Crippen LogP contribution in [0.25, 0.3) is 0 Å². The molecule has 7 atom stereocenters. The molecule has 0 heterocycles. The van der Waals surface area contributed by atoms with Crippen LogP contribution in [-0.4, -0.2) is 38.1 Å². The maximum absolute atomic E-state index is 9.78. The molecule has 3 saturated carbocycles. The SMILES string of the molecule is C=C1[C@H](CO)C/C(=C/C=C2\CCC[C@]3(C)[C@@H]([C@@H](C)/C=C/C[C@H](C)OC)CC[C@@H]23)C[C@H]1OC. The smallest absolute Gasteiger partial charge is 0.0819 e. The lowest BCUT2D eigenvalue weighted by atomic mass is 9.61.